The summed E-state index contributed by atoms with van der Waals surface area (Å²) in [5, 5.41) is 3.01. The van der Waals surface area contributed by atoms with E-state index in [9.17, 15) is 9.18 Å². The number of carbonyl (C=O) groups excluding carboxylic acids is 1. The molecular formula is C13H11BrFNO3. The maximum absolute atomic E-state index is 13.1. The van der Waals surface area contributed by atoms with Crippen LogP contribution >= 0.6 is 15.9 Å². The molecule has 100 valence electrons. The van der Waals surface area contributed by atoms with Gasteiger partial charge in [0.25, 0.3) is 0 Å². The van der Waals surface area contributed by atoms with Crippen LogP contribution in [-0.4, -0.2) is 13.1 Å². The van der Waals surface area contributed by atoms with Gasteiger partial charge in [-0.3, -0.25) is 0 Å². The average Bonchev–Trinajstić information content (AvgIpc) is 2.88. The molecule has 2 rings (SSSR count). The highest BCUT2D eigenvalue weighted by Crippen LogP contribution is 2.23. The lowest BCUT2D eigenvalue weighted by atomic mass is 10.3. The Labute approximate surface area is 117 Å². The van der Waals surface area contributed by atoms with E-state index in [0.717, 1.165) is 4.47 Å². The monoisotopic (exact) mass is 327 g/mol. The highest BCUT2D eigenvalue weighted by Gasteiger charge is 2.10. The molecule has 1 aromatic carbocycles. The zero-order valence-corrected chi connectivity index (χ0v) is 11.7. The number of nitrogens with one attached hydrogen (secondary N) is 1. The fraction of sp³-hybridized carbons (Fsp3) is 0.154. The molecule has 6 heteroatoms. The van der Waals surface area contributed by atoms with Gasteiger partial charge in [0.05, 0.1) is 24.9 Å². The van der Waals surface area contributed by atoms with Crippen molar-refractivity contribution in [1.82, 2.24) is 0 Å². The standard InChI is InChI=1S/C13H11BrFNO3/c1-18-13(17)8-4-10(19-7-8)6-16-12-5-9(15)2-3-11(12)14/h2-5,7,16H,6H2,1H3. The topological polar surface area (TPSA) is 51.5 Å². The van der Waals surface area contributed by atoms with E-state index in [1.54, 1.807) is 12.1 Å². The van der Waals surface area contributed by atoms with Gasteiger partial charge >= 0.3 is 5.97 Å². The normalized spacial score (nSPS) is 10.3. The Morgan fingerprint density at radius 1 is 1.47 bits per heavy atom. The number of carbonyl (C=O) groups is 1. The molecule has 0 saturated heterocycles. The lowest BCUT2D eigenvalue weighted by Gasteiger charge is -2.06. The first kappa shape index (κ1) is 13.6. The van der Waals surface area contributed by atoms with E-state index in [4.69, 9.17) is 4.42 Å². The van der Waals surface area contributed by atoms with E-state index in [1.807, 2.05) is 0 Å². The lowest BCUT2D eigenvalue weighted by Crippen LogP contribution is -2.00. The third-order valence-corrected chi connectivity index (χ3v) is 3.15. The molecule has 0 unspecified atom stereocenters. The summed E-state index contributed by atoms with van der Waals surface area (Å²) in [6.07, 6.45) is 1.32. The van der Waals surface area contributed by atoms with Gasteiger partial charge in [-0.2, -0.15) is 0 Å². The predicted molar refractivity (Wildman–Crippen MR) is 71.5 cm³/mol. The van der Waals surface area contributed by atoms with Crippen molar-refractivity contribution in [2.45, 2.75) is 6.54 Å². The zero-order valence-electron chi connectivity index (χ0n) is 10.1. The summed E-state index contributed by atoms with van der Waals surface area (Å²) in [7, 11) is 1.30. The van der Waals surface area contributed by atoms with E-state index in [-0.39, 0.29) is 5.82 Å². The summed E-state index contributed by atoms with van der Waals surface area (Å²) in [6.45, 7) is 0.332. The highest BCUT2D eigenvalue weighted by atomic mass is 79.9. The molecule has 2 aromatic rings. The maximum Gasteiger partial charge on any atom is 0.341 e. The van der Waals surface area contributed by atoms with E-state index in [2.05, 4.69) is 26.0 Å². The number of hydrogen-bond donors (Lipinski definition) is 1. The second-order valence-corrected chi connectivity index (χ2v) is 4.63. The van der Waals surface area contributed by atoms with E-state index < -0.39 is 5.97 Å². The fourth-order valence-electron chi connectivity index (χ4n) is 1.51. The van der Waals surface area contributed by atoms with Crippen molar-refractivity contribution in [2.24, 2.45) is 0 Å². The molecule has 0 aliphatic rings. The number of hydrogen-bond acceptors (Lipinski definition) is 4. The molecule has 0 radical (unpaired) electrons. The number of anilines is 1. The van der Waals surface area contributed by atoms with Gasteiger partial charge in [-0.25, -0.2) is 9.18 Å². The number of furan rings is 1. The molecule has 0 atom stereocenters. The molecule has 0 aliphatic heterocycles. The molecule has 1 heterocycles. The van der Waals surface area contributed by atoms with Gasteiger partial charge in [0.1, 0.15) is 17.8 Å². The Kier molecular flexibility index (Phi) is 4.21. The van der Waals surface area contributed by atoms with E-state index in [1.165, 1.54) is 25.5 Å². The van der Waals surface area contributed by atoms with Crippen molar-refractivity contribution in [1.29, 1.82) is 0 Å². The Hall–Kier alpha value is -1.82. The van der Waals surface area contributed by atoms with Crippen LogP contribution in [0.2, 0.25) is 0 Å². The Morgan fingerprint density at radius 3 is 3.00 bits per heavy atom. The van der Waals surface area contributed by atoms with E-state index >= 15 is 0 Å². The van der Waals surface area contributed by atoms with Crippen LogP contribution in [-0.2, 0) is 11.3 Å². The first-order valence-electron chi connectivity index (χ1n) is 5.45. The van der Waals surface area contributed by atoms with Crippen LogP contribution in [0.25, 0.3) is 0 Å². The van der Waals surface area contributed by atoms with Crippen LogP contribution in [0.3, 0.4) is 0 Å². The molecule has 1 N–H and O–H groups in total. The van der Waals surface area contributed by atoms with Crippen LogP contribution in [0.15, 0.2) is 39.4 Å². The third-order valence-electron chi connectivity index (χ3n) is 2.46. The van der Waals surface area contributed by atoms with Crippen molar-refractivity contribution in [3.8, 4) is 0 Å². The fourth-order valence-corrected chi connectivity index (χ4v) is 1.90. The first-order valence-corrected chi connectivity index (χ1v) is 6.24. The summed E-state index contributed by atoms with van der Waals surface area (Å²) >= 11 is 3.31. The smallest absolute Gasteiger partial charge is 0.341 e. The van der Waals surface area contributed by atoms with Gasteiger partial charge in [0, 0.05) is 4.47 Å². The van der Waals surface area contributed by atoms with E-state index in [0.29, 0.717) is 23.6 Å². The third kappa shape index (κ3) is 3.35. The van der Waals surface area contributed by atoms with Crippen LogP contribution < -0.4 is 5.32 Å². The van der Waals surface area contributed by atoms with Gasteiger partial charge in [-0.15, -0.1) is 0 Å². The Bertz CT molecular complexity index is 597. The van der Waals surface area contributed by atoms with Crippen LogP contribution in [0.1, 0.15) is 16.1 Å². The lowest BCUT2D eigenvalue weighted by molar-refractivity contribution is 0.0600. The minimum Gasteiger partial charge on any atom is -0.467 e. The van der Waals surface area contributed by atoms with Gasteiger partial charge in [0.2, 0.25) is 0 Å². The van der Waals surface area contributed by atoms with Gasteiger partial charge in [-0.1, -0.05) is 0 Å². The summed E-state index contributed by atoms with van der Waals surface area (Å²) < 4.78 is 23.6. The number of halogens is 2. The summed E-state index contributed by atoms with van der Waals surface area (Å²) in [5.41, 5.74) is 0.952. The number of ether oxygens (including phenoxy) is 1. The number of esters is 1. The molecular weight excluding hydrogens is 317 g/mol. The van der Waals surface area contributed by atoms with Crippen LogP contribution in [0, 0.1) is 5.82 Å². The zero-order chi connectivity index (χ0) is 13.8. The molecule has 0 amide bonds. The van der Waals surface area contributed by atoms with Gasteiger partial charge in [-0.05, 0) is 40.2 Å². The SMILES string of the molecule is COC(=O)c1coc(CNc2cc(F)ccc2Br)c1. The summed E-state index contributed by atoms with van der Waals surface area (Å²) in [5.74, 6) is -0.237. The first-order chi connectivity index (χ1) is 9.10. The molecule has 4 nitrogen and oxygen atoms in total. The summed E-state index contributed by atoms with van der Waals surface area (Å²) in [4.78, 5) is 11.2. The molecule has 0 fully saturated rings. The van der Waals surface area contributed by atoms with Crippen molar-refractivity contribution in [3.63, 3.8) is 0 Å². The molecule has 0 bridgehead atoms. The van der Waals surface area contributed by atoms with Crippen molar-refractivity contribution < 1.29 is 18.3 Å². The molecule has 0 aliphatic carbocycles. The Morgan fingerprint density at radius 2 is 2.26 bits per heavy atom. The quantitative estimate of drug-likeness (QED) is 0.872. The minimum absolute atomic E-state index is 0.332. The number of rotatable bonds is 4. The molecule has 0 saturated carbocycles. The average molecular weight is 328 g/mol. The Balaban J connectivity index is 2.04. The van der Waals surface area contributed by atoms with Crippen LogP contribution in [0.4, 0.5) is 10.1 Å². The predicted octanol–water partition coefficient (Wildman–Crippen LogP) is 3.58. The number of benzene rings is 1. The molecule has 1 aromatic heterocycles. The highest BCUT2D eigenvalue weighted by molar-refractivity contribution is 9.10. The van der Waals surface area contributed by atoms with Crippen molar-refractivity contribution in [3.05, 3.63) is 52.1 Å². The maximum atomic E-state index is 13.1. The summed E-state index contributed by atoms with van der Waals surface area (Å²) in [6, 6.07) is 5.91. The second kappa shape index (κ2) is 5.88. The second-order valence-electron chi connectivity index (χ2n) is 3.77. The van der Waals surface area contributed by atoms with Crippen molar-refractivity contribution >= 4 is 27.6 Å². The van der Waals surface area contributed by atoms with Gasteiger partial charge in [0.15, 0.2) is 0 Å². The minimum atomic E-state index is -0.457. The number of methoxy groups -OCH3 is 1. The molecule has 19 heavy (non-hydrogen) atoms. The molecule has 0 spiro atoms. The van der Waals surface area contributed by atoms with Crippen LogP contribution in [0.5, 0.6) is 0 Å². The largest absolute Gasteiger partial charge is 0.467 e. The van der Waals surface area contributed by atoms with Gasteiger partial charge < -0.3 is 14.5 Å². The van der Waals surface area contributed by atoms with Crippen molar-refractivity contribution in [2.75, 3.05) is 12.4 Å².